The van der Waals surface area contributed by atoms with E-state index in [1.165, 1.54) is 0 Å². The number of nitrogens with zero attached hydrogens (tertiary/aromatic N) is 1. The fourth-order valence-corrected chi connectivity index (χ4v) is 1.91. The number of carbonyl (C=O) groups is 2. The van der Waals surface area contributed by atoms with Crippen LogP contribution >= 0.6 is 0 Å². The molecule has 2 amide bonds. The lowest BCUT2D eigenvalue weighted by Gasteiger charge is -2.16. The van der Waals surface area contributed by atoms with E-state index < -0.39 is 35.3 Å². The second kappa shape index (κ2) is 4.04. The Morgan fingerprint density at radius 3 is 2.06 bits per heavy atom. The molecule has 0 radical (unpaired) electrons. The zero-order valence-electron chi connectivity index (χ0n) is 9.91. The van der Waals surface area contributed by atoms with Crippen LogP contribution in [0.2, 0.25) is 0 Å². The van der Waals surface area contributed by atoms with Crippen LogP contribution in [0.5, 0.6) is 0 Å². The normalized spacial score (nSPS) is 23.9. The Bertz CT molecular complexity index is 525. The van der Waals surface area contributed by atoms with E-state index >= 15 is 0 Å². The van der Waals surface area contributed by atoms with Crippen molar-refractivity contribution < 1.29 is 18.4 Å². The van der Waals surface area contributed by atoms with Gasteiger partial charge < -0.3 is 5.73 Å². The van der Waals surface area contributed by atoms with Crippen LogP contribution in [-0.4, -0.2) is 11.8 Å². The van der Waals surface area contributed by atoms with E-state index in [9.17, 15) is 18.4 Å². The molecule has 0 saturated carbocycles. The van der Waals surface area contributed by atoms with E-state index in [1.807, 2.05) is 0 Å². The van der Waals surface area contributed by atoms with Gasteiger partial charge in [-0.2, -0.15) is 0 Å². The SMILES string of the molecule is CC1C(=O)N(c2cc(N)c(F)cc2F)C(=O)C1C. The van der Waals surface area contributed by atoms with Crippen LogP contribution < -0.4 is 10.6 Å². The van der Waals surface area contributed by atoms with Crippen molar-refractivity contribution in [2.45, 2.75) is 13.8 Å². The molecule has 1 aliphatic rings. The highest BCUT2D eigenvalue weighted by atomic mass is 19.1. The molecule has 2 N–H and O–H groups in total. The predicted molar refractivity (Wildman–Crippen MR) is 61.6 cm³/mol. The summed E-state index contributed by atoms with van der Waals surface area (Å²) in [6, 6.07) is 1.53. The molecule has 1 aromatic carbocycles. The number of halogens is 2. The maximum absolute atomic E-state index is 13.6. The summed E-state index contributed by atoms with van der Waals surface area (Å²) in [5.74, 6) is -3.96. The van der Waals surface area contributed by atoms with Crippen molar-refractivity contribution in [3.05, 3.63) is 23.8 Å². The van der Waals surface area contributed by atoms with Gasteiger partial charge in [-0.25, -0.2) is 13.7 Å². The van der Waals surface area contributed by atoms with Crippen molar-refractivity contribution in [2.24, 2.45) is 11.8 Å². The monoisotopic (exact) mass is 254 g/mol. The number of nitrogens with two attached hydrogens (primary N) is 1. The van der Waals surface area contributed by atoms with E-state index in [-0.39, 0.29) is 11.4 Å². The zero-order chi connectivity index (χ0) is 13.6. The van der Waals surface area contributed by atoms with Gasteiger partial charge in [0, 0.05) is 17.9 Å². The fourth-order valence-electron chi connectivity index (χ4n) is 1.91. The molecule has 2 atom stereocenters. The van der Waals surface area contributed by atoms with Crippen molar-refractivity contribution in [1.29, 1.82) is 0 Å². The summed E-state index contributed by atoms with van der Waals surface area (Å²) in [5, 5.41) is 0. The zero-order valence-corrected chi connectivity index (χ0v) is 9.91. The van der Waals surface area contributed by atoms with Crippen LogP contribution in [0.1, 0.15) is 13.8 Å². The largest absolute Gasteiger partial charge is 0.396 e. The number of imide groups is 1. The standard InChI is InChI=1S/C12H12F2N2O2/c1-5-6(2)12(18)16(11(5)17)10-4-9(15)7(13)3-8(10)14/h3-6H,15H2,1-2H3. The Kier molecular flexibility index (Phi) is 2.80. The van der Waals surface area contributed by atoms with E-state index in [0.717, 1.165) is 11.0 Å². The molecule has 0 aliphatic carbocycles. The summed E-state index contributed by atoms with van der Waals surface area (Å²) < 4.78 is 26.7. The van der Waals surface area contributed by atoms with E-state index in [0.29, 0.717) is 6.07 Å². The first-order chi connectivity index (χ1) is 8.34. The lowest BCUT2D eigenvalue weighted by atomic mass is 10.00. The third-order valence-electron chi connectivity index (χ3n) is 3.28. The Labute approximate surface area is 102 Å². The summed E-state index contributed by atoms with van der Waals surface area (Å²) in [5.41, 5.74) is 4.73. The van der Waals surface area contributed by atoms with Gasteiger partial charge in [-0.15, -0.1) is 0 Å². The average Bonchev–Trinajstić information content (AvgIpc) is 2.50. The highest BCUT2D eigenvalue weighted by molar-refractivity contribution is 6.21. The number of amides is 2. The molecule has 1 aliphatic heterocycles. The molecule has 1 heterocycles. The highest BCUT2D eigenvalue weighted by Gasteiger charge is 2.44. The third-order valence-corrected chi connectivity index (χ3v) is 3.28. The molecule has 0 spiro atoms. The molecule has 18 heavy (non-hydrogen) atoms. The van der Waals surface area contributed by atoms with Crippen LogP contribution in [0, 0.1) is 23.5 Å². The smallest absolute Gasteiger partial charge is 0.237 e. The van der Waals surface area contributed by atoms with Gasteiger partial charge in [0.15, 0.2) is 0 Å². The second-order valence-corrected chi connectivity index (χ2v) is 4.41. The van der Waals surface area contributed by atoms with Gasteiger partial charge in [0.1, 0.15) is 11.6 Å². The Hall–Kier alpha value is -1.98. The van der Waals surface area contributed by atoms with Crippen molar-refractivity contribution >= 4 is 23.2 Å². The van der Waals surface area contributed by atoms with Gasteiger partial charge in [0.25, 0.3) is 0 Å². The molecule has 4 nitrogen and oxygen atoms in total. The maximum Gasteiger partial charge on any atom is 0.237 e. The molecule has 2 rings (SSSR count). The topological polar surface area (TPSA) is 63.4 Å². The quantitative estimate of drug-likeness (QED) is 0.612. The van der Waals surface area contributed by atoms with Crippen LogP contribution in [0.4, 0.5) is 20.2 Å². The van der Waals surface area contributed by atoms with E-state index in [1.54, 1.807) is 13.8 Å². The van der Waals surface area contributed by atoms with Crippen LogP contribution in [-0.2, 0) is 9.59 Å². The first-order valence-corrected chi connectivity index (χ1v) is 5.47. The summed E-state index contributed by atoms with van der Waals surface area (Å²) in [6.45, 7) is 3.19. The average molecular weight is 254 g/mol. The number of hydrogen-bond donors (Lipinski definition) is 1. The van der Waals surface area contributed by atoms with Crippen LogP contribution in [0.25, 0.3) is 0 Å². The summed E-state index contributed by atoms with van der Waals surface area (Å²) in [7, 11) is 0. The molecular weight excluding hydrogens is 242 g/mol. The molecule has 6 heteroatoms. The number of carbonyl (C=O) groups excluding carboxylic acids is 2. The van der Waals surface area contributed by atoms with Gasteiger partial charge in [0.05, 0.1) is 11.4 Å². The molecule has 1 saturated heterocycles. The summed E-state index contributed by atoms with van der Waals surface area (Å²) in [4.78, 5) is 24.5. The lowest BCUT2D eigenvalue weighted by molar-refractivity contribution is -0.122. The first kappa shape index (κ1) is 12.5. The lowest BCUT2D eigenvalue weighted by Crippen LogP contribution is -2.31. The Morgan fingerprint density at radius 1 is 1.06 bits per heavy atom. The number of benzene rings is 1. The fraction of sp³-hybridized carbons (Fsp3) is 0.333. The Morgan fingerprint density at radius 2 is 1.56 bits per heavy atom. The summed E-state index contributed by atoms with van der Waals surface area (Å²) in [6.07, 6.45) is 0. The minimum Gasteiger partial charge on any atom is -0.396 e. The second-order valence-electron chi connectivity index (χ2n) is 4.41. The van der Waals surface area contributed by atoms with Crippen molar-refractivity contribution in [3.8, 4) is 0 Å². The summed E-state index contributed by atoms with van der Waals surface area (Å²) >= 11 is 0. The van der Waals surface area contributed by atoms with Crippen molar-refractivity contribution in [2.75, 3.05) is 10.6 Å². The van der Waals surface area contributed by atoms with Gasteiger partial charge in [0.2, 0.25) is 11.8 Å². The maximum atomic E-state index is 13.6. The minimum atomic E-state index is -0.982. The van der Waals surface area contributed by atoms with Gasteiger partial charge in [-0.1, -0.05) is 13.8 Å². The number of nitrogen functional groups attached to an aromatic ring is 1. The van der Waals surface area contributed by atoms with Crippen molar-refractivity contribution in [3.63, 3.8) is 0 Å². The molecule has 1 fully saturated rings. The van der Waals surface area contributed by atoms with E-state index in [4.69, 9.17) is 5.73 Å². The molecule has 0 bridgehead atoms. The van der Waals surface area contributed by atoms with Crippen LogP contribution in [0.15, 0.2) is 12.1 Å². The van der Waals surface area contributed by atoms with E-state index in [2.05, 4.69) is 0 Å². The van der Waals surface area contributed by atoms with Gasteiger partial charge in [-0.05, 0) is 6.07 Å². The molecule has 1 aromatic rings. The molecule has 96 valence electrons. The van der Waals surface area contributed by atoms with Crippen LogP contribution in [0.3, 0.4) is 0 Å². The molecular formula is C12H12F2N2O2. The minimum absolute atomic E-state index is 0.292. The first-order valence-electron chi connectivity index (χ1n) is 5.47. The molecule has 2 unspecified atom stereocenters. The number of hydrogen-bond acceptors (Lipinski definition) is 3. The number of anilines is 2. The van der Waals surface area contributed by atoms with Gasteiger partial charge in [-0.3, -0.25) is 9.59 Å². The highest BCUT2D eigenvalue weighted by Crippen LogP contribution is 2.33. The Balaban J connectivity index is 2.53. The van der Waals surface area contributed by atoms with Crippen molar-refractivity contribution in [1.82, 2.24) is 0 Å². The number of rotatable bonds is 1. The van der Waals surface area contributed by atoms with Gasteiger partial charge >= 0.3 is 0 Å². The third kappa shape index (κ3) is 1.64. The molecule has 0 aromatic heterocycles. The predicted octanol–water partition coefficient (Wildman–Crippen LogP) is 1.69.